The van der Waals surface area contributed by atoms with Gasteiger partial charge in [0.1, 0.15) is 5.00 Å². The minimum Gasteiger partial charge on any atom is -0.365 e. The van der Waals surface area contributed by atoms with Gasteiger partial charge in [-0.25, -0.2) is 0 Å². The molecular weight excluding hydrogens is 356 g/mol. The minimum absolute atomic E-state index is 0.0110. The summed E-state index contributed by atoms with van der Waals surface area (Å²) in [5.74, 6) is -0.398. The zero-order valence-corrected chi connectivity index (χ0v) is 17.7. The summed E-state index contributed by atoms with van der Waals surface area (Å²) in [5.41, 5.74) is 7.28. The number of anilines is 1. The van der Waals surface area contributed by atoms with E-state index >= 15 is 0 Å². The minimum atomic E-state index is -0.409. The van der Waals surface area contributed by atoms with Gasteiger partial charge in [0.2, 0.25) is 5.91 Å². The van der Waals surface area contributed by atoms with E-state index in [2.05, 4.69) is 12.2 Å². The summed E-state index contributed by atoms with van der Waals surface area (Å²) < 4.78 is 0. The zero-order chi connectivity index (χ0) is 19.5. The third-order valence-corrected chi connectivity index (χ3v) is 6.64. The predicted octanol–water partition coefficient (Wildman–Crippen LogP) is 5.98. The van der Waals surface area contributed by atoms with E-state index in [4.69, 9.17) is 5.73 Å². The van der Waals surface area contributed by atoms with Crippen LogP contribution in [0.5, 0.6) is 0 Å². The number of nitrogens with one attached hydrogen (secondary N) is 1. The van der Waals surface area contributed by atoms with Crippen LogP contribution in [0.1, 0.15) is 111 Å². The number of thiophene rings is 1. The number of aryl methyl sites for hydroxylation is 1. The van der Waals surface area contributed by atoms with Crippen LogP contribution in [0.4, 0.5) is 5.00 Å². The molecule has 0 atom stereocenters. The molecule has 0 aliphatic heterocycles. The van der Waals surface area contributed by atoms with E-state index in [9.17, 15) is 9.59 Å². The van der Waals surface area contributed by atoms with E-state index in [1.807, 2.05) is 0 Å². The summed E-state index contributed by atoms with van der Waals surface area (Å²) in [4.78, 5) is 25.5. The van der Waals surface area contributed by atoms with Gasteiger partial charge in [0.15, 0.2) is 0 Å². The summed E-state index contributed by atoms with van der Waals surface area (Å²) in [5, 5.41) is 3.65. The molecule has 0 radical (unpaired) electrons. The topological polar surface area (TPSA) is 72.2 Å². The van der Waals surface area contributed by atoms with E-state index in [0.29, 0.717) is 17.0 Å². The van der Waals surface area contributed by atoms with Gasteiger partial charge in [-0.05, 0) is 37.7 Å². The molecule has 3 N–H and O–H groups in total. The Morgan fingerprint density at radius 1 is 0.926 bits per heavy atom. The second-order valence-electron chi connectivity index (χ2n) is 7.76. The van der Waals surface area contributed by atoms with Crippen molar-refractivity contribution in [2.75, 3.05) is 5.32 Å². The van der Waals surface area contributed by atoms with Crippen molar-refractivity contribution in [3.05, 3.63) is 16.0 Å². The molecular formula is C22H36N2O2S. The maximum absolute atomic E-state index is 12.3. The molecule has 1 aliphatic carbocycles. The lowest BCUT2D eigenvalue weighted by molar-refractivity contribution is -0.116. The lowest BCUT2D eigenvalue weighted by Gasteiger charge is -2.06. The molecule has 0 saturated carbocycles. The van der Waals surface area contributed by atoms with Gasteiger partial charge in [0.05, 0.1) is 5.56 Å². The van der Waals surface area contributed by atoms with Crippen molar-refractivity contribution in [3.8, 4) is 0 Å². The molecule has 1 aromatic rings. The fraction of sp³-hybridized carbons (Fsp3) is 0.727. The number of rotatable bonds is 12. The summed E-state index contributed by atoms with van der Waals surface area (Å²) in [6.45, 7) is 2.24. The fourth-order valence-electron chi connectivity index (χ4n) is 3.88. The van der Waals surface area contributed by atoms with E-state index in [1.165, 1.54) is 56.2 Å². The molecule has 0 spiro atoms. The highest BCUT2D eigenvalue weighted by molar-refractivity contribution is 7.17. The lowest BCUT2D eigenvalue weighted by atomic mass is 10.0. The molecule has 4 nitrogen and oxygen atoms in total. The summed E-state index contributed by atoms with van der Waals surface area (Å²) in [7, 11) is 0. The SMILES string of the molecule is CCCCCCCCCCCC(=O)Nc1sc2c(c1C(N)=O)CCCCC2. The number of amides is 2. The largest absolute Gasteiger partial charge is 0.365 e. The van der Waals surface area contributed by atoms with Crippen molar-refractivity contribution in [1.29, 1.82) is 0 Å². The Labute approximate surface area is 168 Å². The highest BCUT2D eigenvalue weighted by Crippen LogP contribution is 2.37. The standard InChI is InChI=1S/C22H36N2O2S/c1-2-3-4-5-6-7-8-9-13-16-19(25)24-22-20(21(23)26)17-14-11-10-12-15-18(17)27-22/h2-16H2,1H3,(H2,23,26)(H,24,25). The molecule has 0 saturated heterocycles. The molecule has 0 aromatic carbocycles. The maximum atomic E-state index is 12.3. The fourth-order valence-corrected chi connectivity index (χ4v) is 5.19. The molecule has 2 amide bonds. The molecule has 27 heavy (non-hydrogen) atoms. The molecule has 5 heteroatoms. The van der Waals surface area contributed by atoms with Crippen molar-refractivity contribution in [2.45, 2.75) is 103 Å². The molecule has 1 aromatic heterocycles. The van der Waals surface area contributed by atoms with Crippen LogP contribution in [0.25, 0.3) is 0 Å². The number of unbranched alkanes of at least 4 members (excludes halogenated alkanes) is 8. The second-order valence-corrected chi connectivity index (χ2v) is 8.86. The maximum Gasteiger partial charge on any atom is 0.251 e. The van der Waals surface area contributed by atoms with Crippen molar-refractivity contribution >= 4 is 28.2 Å². The normalized spacial score (nSPS) is 13.8. The number of hydrogen-bond acceptors (Lipinski definition) is 3. The molecule has 0 fully saturated rings. The van der Waals surface area contributed by atoms with Crippen molar-refractivity contribution in [2.24, 2.45) is 5.73 Å². The third kappa shape index (κ3) is 7.28. The van der Waals surface area contributed by atoms with Crippen LogP contribution in [0.2, 0.25) is 0 Å². The second kappa shape index (κ2) is 12.2. The van der Waals surface area contributed by atoms with Gasteiger partial charge in [-0.15, -0.1) is 11.3 Å². The Morgan fingerprint density at radius 3 is 2.22 bits per heavy atom. The highest BCUT2D eigenvalue weighted by atomic mass is 32.1. The van der Waals surface area contributed by atoms with E-state index in [1.54, 1.807) is 11.3 Å². The lowest BCUT2D eigenvalue weighted by Crippen LogP contribution is -2.17. The zero-order valence-electron chi connectivity index (χ0n) is 16.9. The highest BCUT2D eigenvalue weighted by Gasteiger charge is 2.24. The van der Waals surface area contributed by atoms with Gasteiger partial charge < -0.3 is 11.1 Å². The summed E-state index contributed by atoms with van der Waals surface area (Å²) in [6, 6.07) is 0. The number of primary amides is 1. The third-order valence-electron chi connectivity index (χ3n) is 5.43. The molecule has 0 unspecified atom stereocenters. The number of fused-ring (bicyclic) bond motifs is 1. The number of carbonyl (C=O) groups excluding carboxylic acids is 2. The molecule has 1 heterocycles. The van der Waals surface area contributed by atoms with Crippen LogP contribution in [-0.2, 0) is 17.6 Å². The average Bonchev–Trinajstić information content (AvgIpc) is 2.81. The quantitative estimate of drug-likeness (QED) is 0.339. The first kappa shape index (κ1) is 21.9. The van der Waals surface area contributed by atoms with Gasteiger partial charge in [0, 0.05) is 11.3 Å². The Hall–Kier alpha value is -1.36. The molecule has 152 valence electrons. The van der Waals surface area contributed by atoms with Crippen molar-refractivity contribution in [1.82, 2.24) is 0 Å². The Balaban J connectivity index is 1.73. The average molecular weight is 393 g/mol. The number of carbonyl (C=O) groups is 2. The predicted molar refractivity (Wildman–Crippen MR) is 115 cm³/mol. The van der Waals surface area contributed by atoms with Crippen LogP contribution in [0.3, 0.4) is 0 Å². The Kier molecular flexibility index (Phi) is 9.89. The van der Waals surface area contributed by atoms with Crippen molar-refractivity contribution in [3.63, 3.8) is 0 Å². The van der Waals surface area contributed by atoms with Crippen LogP contribution in [0, 0.1) is 0 Å². The van der Waals surface area contributed by atoms with Gasteiger partial charge in [-0.1, -0.05) is 64.7 Å². The number of nitrogens with two attached hydrogens (primary N) is 1. The van der Waals surface area contributed by atoms with Crippen molar-refractivity contribution < 1.29 is 9.59 Å². The van der Waals surface area contributed by atoms with Gasteiger partial charge in [0.25, 0.3) is 5.91 Å². The van der Waals surface area contributed by atoms with Crippen LogP contribution < -0.4 is 11.1 Å². The summed E-state index contributed by atoms with van der Waals surface area (Å²) >= 11 is 1.56. The smallest absolute Gasteiger partial charge is 0.251 e. The van der Waals surface area contributed by atoms with Gasteiger partial charge in [-0.2, -0.15) is 0 Å². The first-order valence-corrected chi connectivity index (χ1v) is 11.7. The Morgan fingerprint density at radius 2 is 1.56 bits per heavy atom. The molecule has 2 rings (SSSR count). The Bertz CT molecular complexity index is 610. The molecule has 1 aliphatic rings. The van der Waals surface area contributed by atoms with Crippen LogP contribution in [-0.4, -0.2) is 11.8 Å². The van der Waals surface area contributed by atoms with Crippen LogP contribution >= 0.6 is 11.3 Å². The van der Waals surface area contributed by atoms with Gasteiger partial charge >= 0.3 is 0 Å². The monoisotopic (exact) mass is 392 g/mol. The first-order valence-electron chi connectivity index (χ1n) is 10.9. The molecule has 0 bridgehead atoms. The van der Waals surface area contributed by atoms with Crippen LogP contribution in [0.15, 0.2) is 0 Å². The summed E-state index contributed by atoms with van der Waals surface area (Å²) in [6.07, 6.45) is 17.0. The number of hydrogen-bond donors (Lipinski definition) is 2. The van der Waals surface area contributed by atoms with E-state index in [0.717, 1.165) is 44.1 Å². The first-order chi connectivity index (χ1) is 13.1. The van der Waals surface area contributed by atoms with E-state index < -0.39 is 5.91 Å². The van der Waals surface area contributed by atoms with E-state index in [-0.39, 0.29) is 5.91 Å². The van der Waals surface area contributed by atoms with Gasteiger partial charge in [-0.3, -0.25) is 9.59 Å².